The third kappa shape index (κ3) is 32.5. The van der Waals surface area contributed by atoms with Gasteiger partial charge < -0.3 is 96.5 Å². The van der Waals surface area contributed by atoms with Crippen LogP contribution in [0.4, 0.5) is 33.6 Å². The number of fused-ring (bicyclic) bond motifs is 6. The Morgan fingerprint density at radius 3 is 1.15 bits per heavy atom. The van der Waals surface area contributed by atoms with Gasteiger partial charge >= 0.3 is 66.7 Å². The quantitative estimate of drug-likeness (QED) is 0.00640. The number of aromatic hydroxyl groups is 2. The number of phenolic OH excluding ortho intramolecular Hbond substituents is 2. The van der Waals surface area contributed by atoms with E-state index in [2.05, 4.69) is 15.7 Å². The standard InChI is InChI=1S/C38H50N2O13.C19H18O6.C18H16N2O7.C18H30N2O7.ClH/c1-21(41)26-20-24-28(22-16-14-15-17-23(22)29(30(24)47-26)49-34(46)53-38(11,12)13)48-27(42)19-18-25(31(43)50-35(2,3)4)40(33(45)52-37(8,9)10)39-32(44)51-36(5,6)7;1-10(20)14-9-13-15(21)11-7-5-6-8-12(11)16(17(13)23-14)24-18(22)25-19(2,3)4;1-8(21)13-6-11-15(27-18(25)20-7-12(19)17(23)24)10-5-3-2-4-9(10)14(22)16(11)26-13;1-16(2,3)25-13(22)12(10-19-11-21)20(14(23)26-17(4,5)6)15(24)27-18(7,8)9;/h14-17,20,25H,18-19H2,1-13H3,(H,39,44);5-9,21H,1-4H3;2-6,12,22H,7,19H2,1H3,(H,20,25)(H,23,24);12H,10H2,1-9H3;1H/t25-;;2*12-;/m0.00./s1. The molecule has 0 radical (unpaired) electrons. The van der Waals surface area contributed by atoms with Gasteiger partial charge in [0, 0.05) is 66.1 Å². The largest absolute Gasteiger partial charge is 0.514 e. The summed E-state index contributed by atoms with van der Waals surface area (Å²) in [6.45, 7) is 42.2. The molecule has 3 atom stereocenters. The van der Waals surface area contributed by atoms with Crippen LogP contribution in [0.5, 0.6) is 34.5 Å². The molecule has 0 aliphatic carbocycles. The number of halogens is 1. The van der Waals surface area contributed by atoms with Crippen molar-refractivity contribution in [1.29, 1.82) is 0 Å². The fraction of sp³-hybridized carbons (Fsp3) is 0.452. The van der Waals surface area contributed by atoms with E-state index in [0.29, 0.717) is 47.6 Å². The Labute approximate surface area is 771 Å². The van der Waals surface area contributed by atoms with Gasteiger partial charge in [-0.3, -0.25) is 24.0 Å². The first-order chi connectivity index (χ1) is 60.6. The molecule has 0 saturated heterocycles. The summed E-state index contributed by atoms with van der Waals surface area (Å²) in [7, 11) is 0. The van der Waals surface area contributed by atoms with Crippen LogP contribution in [0.2, 0.25) is 0 Å². The van der Waals surface area contributed by atoms with Crippen LogP contribution >= 0.6 is 12.4 Å². The molecule has 40 heteroatoms. The lowest BCUT2D eigenvalue weighted by molar-refractivity contribution is -0.163. The second kappa shape index (κ2) is 43.8. The number of imide groups is 1. The number of rotatable bonds is 19. The number of hydrazine groups is 1. The number of isocyanates is 1. The van der Waals surface area contributed by atoms with Crippen LogP contribution in [0.25, 0.3) is 65.2 Å². The molecule has 722 valence electrons. The number of carbonyl (C=O) groups is 14. The molecule has 39 nitrogen and oxygen atoms in total. The molecule has 0 bridgehead atoms. The van der Waals surface area contributed by atoms with Gasteiger partial charge in [0.1, 0.15) is 62.3 Å². The predicted octanol–water partition coefficient (Wildman–Crippen LogP) is 18.6. The van der Waals surface area contributed by atoms with Crippen LogP contribution in [0.3, 0.4) is 0 Å². The van der Waals surface area contributed by atoms with Gasteiger partial charge in [-0.1, -0.05) is 72.8 Å². The molecule has 6 aromatic carbocycles. The summed E-state index contributed by atoms with van der Waals surface area (Å²) in [6, 6.07) is 19.7. The molecule has 0 aliphatic rings. The van der Waals surface area contributed by atoms with Crippen molar-refractivity contribution in [3.05, 3.63) is 108 Å². The third-order valence-electron chi connectivity index (χ3n) is 16.5. The van der Waals surface area contributed by atoms with Crippen molar-refractivity contribution in [2.75, 3.05) is 13.1 Å². The molecular formula is C93H115ClN6O33. The molecule has 7 N–H and O–H groups in total. The normalized spacial score (nSPS) is 12.4. The van der Waals surface area contributed by atoms with E-state index in [9.17, 15) is 82.1 Å². The molecule has 0 unspecified atom stereocenters. The van der Waals surface area contributed by atoms with Gasteiger partial charge in [-0.2, -0.15) is 4.90 Å². The Morgan fingerprint density at radius 1 is 0.414 bits per heavy atom. The minimum absolute atomic E-state index is 0. The smallest absolute Gasteiger partial charge is 0.507 e. The first kappa shape index (κ1) is 109. The number of nitrogens with zero attached hydrogens (tertiary/aromatic N) is 3. The number of aliphatic imine (C=N–C) groups is 1. The van der Waals surface area contributed by atoms with Gasteiger partial charge in [0.15, 0.2) is 86.5 Å². The fourth-order valence-electron chi connectivity index (χ4n) is 11.5. The van der Waals surface area contributed by atoms with E-state index in [-0.39, 0.29) is 110 Å². The van der Waals surface area contributed by atoms with E-state index in [1.807, 2.05) is 0 Å². The first-order valence-electron chi connectivity index (χ1n) is 41.2. The Bertz CT molecular complexity index is 5910. The second-order valence-electron chi connectivity index (χ2n) is 37.6. The summed E-state index contributed by atoms with van der Waals surface area (Å²) in [5.41, 5.74) is 0.264. The van der Waals surface area contributed by atoms with Gasteiger partial charge in [0.05, 0.1) is 22.7 Å². The lowest BCUT2D eigenvalue weighted by atomic mass is 10.0. The highest BCUT2D eigenvalue weighted by atomic mass is 35.5. The predicted molar refractivity (Wildman–Crippen MR) is 484 cm³/mol. The zero-order chi connectivity index (χ0) is 100.0. The van der Waals surface area contributed by atoms with Gasteiger partial charge in [0.2, 0.25) is 6.08 Å². The van der Waals surface area contributed by atoms with Crippen LogP contribution in [-0.2, 0) is 61.9 Å². The zero-order valence-corrected chi connectivity index (χ0v) is 80.0. The molecule has 0 aliphatic heterocycles. The minimum Gasteiger partial charge on any atom is -0.507 e. The number of phenols is 2. The summed E-state index contributed by atoms with van der Waals surface area (Å²) in [5, 5.41) is 35.6. The van der Waals surface area contributed by atoms with Crippen LogP contribution < -0.4 is 35.4 Å². The van der Waals surface area contributed by atoms with Crippen LogP contribution in [0.1, 0.15) is 231 Å². The number of esters is 3. The molecule has 9 aromatic rings. The van der Waals surface area contributed by atoms with Crippen molar-refractivity contribution in [2.45, 2.75) is 263 Å². The highest BCUT2D eigenvalue weighted by molar-refractivity contribution is 6.15. The molecular weight excluding hydrogens is 1760 g/mol. The SMILES string of the molecule is CC(=O)c1cc2c(O)c3ccccc3c(OC(=O)OC(C)(C)C)c2o1.CC(=O)c1cc2c(OC(=O)CC[C@@H](C(=O)OC(C)(C)C)N(NC(=O)OC(C)(C)C)C(=O)OC(C)(C)C)c3ccccc3c(OC(=O)OC(C)(C)C)c2o1.CC(=O)c1cc2c(OC(=O)NC[C@H](N)C(=O)O)c3ccccc3c(O)c2o1.CC(C)(C)OC(=O)[C@H](CN=C=O)N(C(=O)OC(C)(C)C)C(=O)OC(C)(C)C.Cl. The Kier molecular flexibility index (Phi) is 36.0. The summed E-state index contributed by atoms with van der Waals surface area (Å²) in [5.74, 6) is -5.36. The van der Waals surface area contributed by atoms with Gasteiger partial charge in [-0.15, -0.1) is 12.4 Å². The van der Waals surface area contributed by atoms with E-state index in [4.69, 9.17) is 80.9 Å². The number of ketones is 3. The molecule has 0 spiro atoms. The molecule has 5 amide bonds. The van der Waals surface area contributed by atoms with E-state index in [0.717, 1.165) is 0 Å². The Hall–Kier alpha value is -14.1. The van der Waals surface area contributed by atoms with Gasteiger partial charge in [-0.25, -0.2) is 63.4 Å². The number of carbonyl (C=O) groups excluding carboxylic acids is 14. The molecule has 0 fully saturated rings. The summed E-state index contributed by atoms with van der Waals surface area (Å²) < 4.78 is 81.6. The van der Waals surface area contributed by atoms with Crippen molar-refractivity contribution >= 4 is 168 Å². The maximum absolute atomic E-state index is 13.7. The number of aliphatic carboxylic acids is 1. The third-order valence-corrected chi connectivity index (χ3v) is 16.5. The summed E-state index contributed by atoms with van der Waals surface area (Å²) in [6.07, 6.45) is -6.90. The lowest BCUT2D eigenvalue weighted by Crippen LogP contribution is -2.57. The number of hydrogen-bond donors (Lipinski definition) is 6. The number of benzene rings is 6. The number of amides is 5. The number of carboxylic acid groups (broad SMARTS) is 1. The average Bonchev–Trinajstić information content (AvgIpc) is 1.66. The zero-order valence-electron chi connectivity index (χ0n) is 79.1. The van der Waals surface area contributed by atoms with Gasteiger partial charge in [-0.05, 0) is 191 Å². The van der Waals surface area contributed by atoms with E-state index in [1.54, 1.807) is 239 Å². The highest BCUT2D eigenvalue weighted by Crippen LogP contribution is 2.48. The maximum Gasteiger partial charge on any atom is 0.514 e. The molecule has 9 rings (SSSR count). The average molecular weight is 1880 g/mol. The fourth-order valence-corrected chi connectivity index (χ4v) is 11.5. The Morgan fingerprint density at radius 2 is 0.752 bits per heavy atom. The van der Waals surface area contributed by atoms with Crippen LogP contribution in [0, 0.1) is 0 Å². The highest BCUT2D eigenvalue weighted by Gasteiger charge is 2.44. The number of hydrogen-bond acceptors (Lipinski definition) is 34. The van der Waals surface area contributed by atoms with E-state index < -0.39 is 155 Å². The molecule has 3 aromatic heterocycles. The second-order valence-corrected chi connectivity index (χ2v) is 37.6. The molecule has 133 heavy (non-hydrogen) atoms. The maximum atomic E-state index is 13.7. The number of nitrogens with two attached hydrogens (primary N) is 1. The van der Waals surface area contributed by atoms with Gasteiger partial charge in [0.25, 0.3) is 0 Å². The number of ether oxygens (including phenoxy) is 12. The van der Waals surface area contributed by atoms with E-state index >= 15 is 0 Å². The van der Waals surface area contributed by atoms with Crippen molar-refractivity contribution in [2.24, 2.45) is 10.7 Å². The summed E-state index contributed by atoms with van der Waals surface area (Å²) >= 11 is 0. The lowest BCUT2D eigenvalue weighted by Gasteiger charge is -2.34. The molecule has 0 saturated carbocycles. The van der Waals surface area contributed by atoms with Crippen LogP contribution in [0.15, 0.2) is 109 Å². The number of Topliss-reactive ketones (excluding diaryl/α,β-unsaturated/α-hetero) is 3. The molecule has 3 heterocycles. The van der Waals surface area contributed by atoms with Crippen LogP contribution in [-0.4, -0.2) is 191 Å². The topological polar surface area (TPSA) is 536 Å². The number of nitrogens with one attached hydrogen (secondary N) is 2. The number of carboxylic acids is 1. The summed E-state index contributed by atoms with van der Waals surface area (Å²) in [4.78, 5) is 189. The van der Waals surface area contributed by atoms with Crippen molar-refractivity contribution < 1.29 is 157 Å². The van der Waals surface area contributed by atoms with Crippen molar-refractivity contribution in [3.8, 4) is 34.5 Å². The Balaban J connectivity index is 0.000000333. The minimum atomic E-state index is -1.59. The monoisotopic (exact) mass is 1880 g/mol. The van der Waals surface area contributed by atoms with E-state index in [1.165, 1.54) is 45.1 Å². The van der Waals surface area contributed by atoms with Crippen molar-refractivity contribution in [1.82, 2.24) is 20.7 Å². The number of furan rings is 3. The van der Waals surface area contributed by atoms with Crippen molar-refractivity contribution in [3.63, 3.8) is 0 Å². The first-order valence-corrected chi connectivity index (χ1v) is 41.2.